The van der Waals surface area contributed by atoms with Gasteiger partial charge in [-0.1, -0.05) is 28.1 Å². The number of rotatable bonds is 2. The van der Waals surface area contributed by atoms with Gasteiger partial charge in [0, 0.05) is 35.5 Å². The van der Waals surface area contributed by atoms with E-state index in [-0.39, 0.29) is 5.78 Å². The van der Waals surface area contributed by atoms with Gasteiger partial charge in [-0.15, -0.1) is 11.3 Å². The molecule has 1 heterocycles. The number of ketones is 1. The molecule has 20 heavy (non-hydrogen) atoms. The summed E-state index contributed by atoms with van der Waals surface area (Å²) in [4.78, 5) is 12.5. The van der Waals surface area contributed by atoms with Gasteiger partial charge in [-0.2, -0.15) is 0 Å². The van der Waals surface area contributed by atoms with E-state index in [1.165, 1.54) is 23.5 Å². The molecule has 0 saturated heterocycles. The van der Waals surface area contributed by atoms with Gasteiger partial charge in [-0.25, -0.2) is 4.39 Å². The summed E-state index contributed by atoms with van der Waals surface area (Å²) in [5, 5.41) is 2.70. The first-order chi connectivity index (χ1) is 9.56. The van der Waals surface area contributed by atoms with Gasteiger partial charge in [0.05, 0.1) is 0 Å². The van der Waals surface area contributed by atoms with E-state index in [0.29, 0.717) is 15.6 Å². The number of hydrogen-bond donors (Lipinski definition) is 0. The number of halogens is 3. The molecular weight excluding hydrogens is 407 g/mol. The van der Waals surface area contributed by atoms with E-state index in [1.807, 2.05) is 23.6 Å². The molecule has 0 atom stereocenters. The first kappa shape index (κ1) is 13.9. The molecule has 3 rings (SSSR count). The third-order valence-electron chi connectivity index (χ3n) is 2.92. The molecule has 100 valence electrons. The summed E-state index contributed by atoms with van der Waals surface area (Å²) in [6.07, 6.45) is 0. The van der Waals surface area contributed by atoms with Gasteiger partial charge in [0.25, 0.3) is 0 Å². The molecule has 0 bridgehead atoms. The minimum Gasteiger partial charge on any atom is -0.289 e. The molecule has 0 fully saturated rings. The maximum absolute atomic E-state index is 13.4. The molecular formula is C15H7Br2FOS. The minimum absolute atomic E-state index is 0.172. The lowest BCUT2D eigenvalue weighted by molar-refractivity contribution is 0.104. The molecule has 0 aliphatic carbocycles. The molecule has 0 saturated carbocycles. The van der Waals surface area contributed by atoms with E-state index >= 15 is 0 Å². The van der Waals surface area contributed by atoms with Crippen LogP contribution in [0.3, 0.4) is 0 Å². The van der Waals surface area contributed by atoms with E-state index in [1.54, 1.807) is 6.07 Å². The first-order valence-corrected chi connectivity index (χ1v) is 8.19. The highest BCUT2D eigenvalue weighted by molar-refractivity contribution is 9.11. The Bertz CT molecular complexity index is 806. The quantitative estimate of drug-likeness (QED) is 0.485. The molecule has 1 nitrogen and oxygen atoms in total. The molecule has 2 aromatic carbocycles. The Hall–Kier alpha value is -1.04. The van der Waals surface area contributed by atoms with Gasteiger partial charge < -0.3 is 0 Å². The average molecular weight is 414 g/mol. The third kappa shape index (κ3) is 2.45. The van der Waals surface area contributed by atoms with Crippen LogP contribution in [0.5, 0.6) is 0 Å². The van der Waals surface area contributed by atoms with Crippen molar-refractivity contribution in [1.82, 2.24) is 0 Å². The zero-order valence-electron chi connectivity index (χ0n) is 9.99. The number of thiophene rings is 1. The maximum atomic E-state index is 13.4. The molecule has 0 spiro atoms. The van der Waals surface area contributed by atoms with E-state index in [9.17, 15) is 9.18 Å². The number of fused-ring (bicyclic) bond motifs is 1. The van der Waals surface area contributed by atoms with Gasteiger partial charge in [0.1, 0.15) is 5.82 Å². The fourth-order valence-corrected chi connectivity index (χ4v) is 4.11. The third-order valence-corrected chi connectivity index (χ3v) is 5.33. The van der Waals surface area contributed by atoms with Gasteiger partial charge in [0.15, 0.2) is 5.78 Å². The van der Waals surface area contributed by atoms with Gasteiger partial charge >= 0.3 is 0 Å². The van der Waals surface area contributed by atoms with E-state index in [2.05, 4.69) is 31.9 Å². The van der Waals surface area contributed by atoms with Gasteiger partial charge in [-0.3, -0.25) is 4.79 Å². The normalized spacial score (nSPS) is 10.9. The maximum Gasteiger partial charge on any atom is 0.194 e. The van der Waals surface area contributed by atoms with Crippen LogP contribution in [0.1, 0.15) is 15.9 Å². The first-order valence-electron chi connectivity index (χ1n) is 5.73. The van der Waals surface area contributed by atoms with Gasteiger partial charge in [-0.05, 0) is 40.2 Å². The zero-order chi connectivity index (χ0) is 14.3. The van der Waals surface area contributed by atoms with Crippen molar-refractivity contribution in [3.05, 3.63) is 67.7 Å². The van der Waals surface area contributed by atoms with Crippen LogP contribution >= 0.6 is 43.2 Å². The highest BCUT2D eigenvalue weighted by atomic mass is 79.9. The SMILES string of the molecule is O=C(c1cc(F)cc(Br)c1)c1csc2c(Br)cccc12. The second kappa shape index (κ2) is 5.39. The highest BCUT2D eigenvalue weighted by Gasteiger charge is 2.16. The van der Waals surface area contributed by atoms with Crippen molar-refractivity contribution < 1.29 is 9.18 Å². The predicted molar refractivity (Wildman–Crippen MR) is 87.1 cm³/mol. The van der Waals surface area contributed by atoms with Crippen LogP contribution in [0.15, 0.2) is 50.7 Å². The second-order valence-corrected chi connectivity index (χ2v) is 6.90. The Balaban J connectivity index is 2.15. The summed E-state index contributed by atoms with van der Waals surface area (Å²) in [5.41, 5.74) is 0.945. The molecule has 5 heteroatoms. The molecule has 0 aliphatic heterocycles. The largest absolute Gasteiger partial charge is 0.289 e. The van der Waals surface area contributed by atoms with Crippen LogP contribution in [0, 0.1) is 5.82 Å². The lowest BCUT2D eigenvalue weighted by atomic mass is 10.0. The van der Waals surface area contributed by atoms with Crippen LogP contribution in [0.25, 0.3) is 10.1 Å². The molecule has 1 aromatic heterocycles. The van der Waals surface area contributed by atoms with Crippen LogP contribution in [-0.4, -0.2) is 5.78 Å². The van der Waals surface area contributed by atoms with E-state index in [0.717, 1.165) is 14.6 Å². The number of hydrogen-bond acceptors (Lipinski definition) is 2. The monoisotopic (exact) mass is 412 g/mol. The van der Waals surface area contributed by atoms with Crippen LogP contribution < -0.4 is 0 Å². The molecule has 0 unspecified atom stereocenters. The summed E-state index contributed by atoms with van der Waals surface area (Å²) >= 11 is 8.18. The Morgan fingerprint density at radius 2 is 1.95 bits per heavy atom. The lowest BCUT2D eigenvalue weighted by Gasteiger charge is -2.02. The topological polar surface area (TPSA) is 17.1 Å². The lowest BCUT2D eigenvalue weighted by Crippen LogP contribution is -2.01. The van der Waals surface area contributed by atoms with E-state index < -0.39 is 5.82 Å². The fourth-order valence-electron chi connectivity index (χ4n) is 2.04. The summed E-state index contributed by atoms with van der Waals surface area (Å²) < 4.78 is 16.0. The predicted octanol–water partition coefficient (Wildman–Crippen LogP) is 5.80. The molecule has 0 radical (unpaired) electrons. The van der Waals surface area contributed by atoms with E-state index in [4.69, 9.17) is 0 Å². The van der Waals surface area contributed by atoms with Crippen molar-refractivity contribution in [3.8, 4) is 0 Å². The van der Waals surface area contributed by atoms with Crippen molar-refractivity contribution in [1.29, 1.82) is 0 Å². The molecule has 0 amide bonds. The molecule has 0 aliphatic rings. The number of carbonyl (C=O) groups is 1. The Kier molecular flexibility index (Phi) is 3.75. The molecule has 3 aromatic rings. The van der Waals surface area contributed by atoms with Crippen molar-refractivity contribution in [2.24, 2.45) is 0 Å². The summed E-state index contributed by atoms with van der Waals surface area (Å²) in [6.45, 7) is 0. The number of carbonyl (C=O) groups excluding carboxylic acids is 1. The van der Waals surface area contributed by atoms with Crippen molar-refractivity contribution in [2.75, 3.05) is 0 Å². The molecule has 0 N–H and O–H groups in total. The summed E-state index contributed by atoms with van der Waals surface area (Å²) in [7, 11) is 0. The van der Waals surface area contributed by atoms with Crippen LogP contribution in [-0.2, 0) is 0 Å². The van der Waals surface area contributed by atoms with Crippen molar-refractivity contribution in [3.63, 3.8) is 0 Å². The van der Waals surface area contributed by atoms with Crippen molar-refractivity contribution >= 4 is 59.1 Å². The van der Waals surface area contributed by atoms with Crippen LogP contribution in [0.2, 0.25) is 0 Å². The second-order valence-electron chi connectivity index (χ2n) is 4.25. The minimum atomic E-state index is -0.427. The van der Waals surface area contributed by atoms with Crippen molar-refractivity contribution in [2.45, 2.75) is 0 Å². The smallest absolute Gasteiger partial charge is 0.194 e. The summed E-state index contributed by atoms with van der Waals surface area (Å²) in [5.74, 6) is -0.599. The summed E-state index contributed by atoms with van der Waals surface area (Å²) in [6, 6.07) is 9.95. The number of benzene rings is 2. The van der Waals surface area contributed by atoms with Gasteiger partial charge in [0.2, 0.25) is 0 Å². The Morgan fingerprint density at radius 3 is 2.70 bits per heavy atom. The average Bonchev–Trinajstić information content (AvgIpc) is 2.82. The highest BCUT2D eigenvalue weighted by Crippen LogP contribution is 2.33. The standard InChI is InChI=1S/C15H7Br2FOS/c16-9-4-8(5-10(18)6-9)14(19)12-7-20-15-11(12)2-1-3-13(15)17/h1-7H. The Labute approximate surface area is 135 Å². The Morgan fingerprint density at radius 1 is 1.15 bits per heavy atom. The fraction of sp³-hybridized carbons (Fsp3) is 0. The van der Waals surface area contributed by atoms with Crippen LogP contribution in [0.4, 0.5) is 4.39 Å². The zero-order valence-corrected chi connectivity index (χ0v) is 14.0.